The minimum absolute atomic E-state index is 0.0609. The predicted octanol–water partition coefficient (Wildman–Crippen LogP) is 5.15. The van der Waals surface area contributed by atoms with Crippen LogP contribution in [0, 0.1) is 5.92 Å². The summed E-state index contributed by atoms with van der Waals surface area (Å²) < 4.78 is 10.4. The van der Waals surface area contributed by atoms with Crippen molar-refractivity contribution in [3.63, 3.8) is 0 Å². The molecule has 0 amide bonds. The van der Waals surface area contributed by atoms with Gasteiger partial charge in [-0.3, -0.25) is 9.59 Å². The van der Waals surface area contributed by atoms with E-state index in [0.717, 1.165) is 37.0 Å². The van der Waals surface area contributed by atoms with Crippen molar-refractivity contribution >= 4 is 29.1 Å². The Labute approximate surface area is 198 Å². The number of ketones is 1. The molecule has 2 aromatic rings. The molecule has 7 nitrogen and oxygen atoms in total. The Kier molecular flexibility index (Phi) is 8.35. The van der Waals surface area contributed by atoms with Crippen LogP contribution in [0.3, 0.4) is 0 Å². The zero-order valence-corrected chi connectivity index (χ0v) is 20.6. The van der Waals surface area contributed by atoms with Crippen LogP contribution in [-0.2, 0) is 20.7 Å². The Morgan fingerprint density at radius 3 is 2.30 bits per heavy atom. The second-order valence-corrected chi connectivity index (χ2v) is 10.5. The smallest absolute Gasteiger partial charge is 0.369 e. The van der Waals surface area contributed by atoms with Gasteiger partial charge in [0.25, 0.3) is 0 Å². The molecule has 1 heterocycles. The lowest BCUT2D eigenvalue weighted by Crippen LogP contribution is -2.26. The summed E-state index contributed by atoms with van der Waals surface area (Å²) in [5.41, 5.74) is 1.40. The molecule has 33 heavy (non-hydrogen) atoms. The second kappa shape index (κ2) is 11.0. The van der Waals surface area contributed by atoms with Gasteiger partial charge in [0.1, 0.15) is 10.6 Å². The molecule has 1 aromatic heterocycles. The van der Waals surface area contributed by atoms with E-state index >= 15 is 0 Å². The van der Waals surface area contributed by atoms with Gasteiger partial charge in [-0.25, -0.2) is 4.79 Å². The van der Waals surface area contributed by atoms with Crippen molar-refractivity contribution in [1.82, 2.24) is 10.2 Å². The van der Waals surface area contributed by atoms with Gasteiger partial charge in [-0.2, -0.15) is 0 Å². The molecule has 0 atom stereocenters. The Morgan fingerprint density at radius 2 is 1.70 bits per heavy atom. The summed E-state index contributed by atoms with van der Waals surface area (Å²) in [6.45, 7) is 7.67. The first-order valence-electron chi connectivity index (χ1n) is 11.5. The van der Waals surface area contributed by atoms with Crippen LogP contribution in [-0.4, -0.2) is 40.1 Å². The summed E-state index contributed by atoms with van der Waals surface area (Å²) >= 11 is 1.09. The first kappa shape index (κ1) is 25.0. The van der Waals surface area contributed by atoms with Crippen molar-refractivity contribution < 1.29 is 23.9 Å². The van der Waals surface area contributed by atoms with E-state index in [-0.39, 0.29) is 29.8 Å². The number of Topliss-reactive ketones (excluding diaryl/α,β-unsaturated/α-hetero) is 1. The predicted molar refractivity (Wildman–Crippen MR) is 126 cm³/mol. The average Bonchev–Trinajstić information content (AvgIpc) is 3.22. The van der Waals surface area contributed by atoms with Crippen LogP contribution in [0.1, 0.15) is 96.4 Å². The highest BCUT2D eigenvalue weighted by atomic mass is 32.1. The lowest BCUT2D eigenvalue weighted by molar-refractivity contribution is -0.156. The molecule has 1 fully saturated rings. The van der Waals surface area contributed by atoms with Crippen LogP contribution < -0.4 is 0 Å². The monoisotopic (exact) mass is 472 g/mol. The number of hydrogen-bond donors (Lipinski definition) is 0. The van der Waals surface area contributed by atoms with Crippen molar-refractivity contribution in [3.8, 4) is 0 Å². The number of rotatable bonds is 8. The molecule has 0 aliphatic heterocycles. The number of hydrogen-bond acceptors (Lipinski definition) is 8. The molecule has 0 radical (unpaired) electrons. The highest BCUT2D eigenvalue weighted by molar-refractivity contribution is 7.13. The third kappa shape index (κ3) is 7.45. The SMILES string of the molecule is CCOC(=O)c1nnc(CC(=O)c2ccc(C3CCC(CC(=O)OC(C)(C)C)CC3)cc2)s1. The number of nitrogens with zero attached hydrogens (tertiary/aromatic N) is 2. The van der Waals surface area contributed by atoms with Crippen LogP contribution in [0.4, 0.5) is 0 Å². The number of ether oxygens (including phenoxy) is 2. The fourth-order valence-corrected chi connectivity index (χ4v) is 4.83. The third-order valence-electron chi connectivity index (χ3n) is 5.65. The number of carbonyl (C=O) groups is 3. The average molecular weight is 473 g/mol. The van der Waals surface area contributed by atoms with E-state index < -0.39 is 11.6 Å². The van der Waals surface area contributed by atoms with E-state index in [0.29, 0.717) is 28.8 Å². The number of benzene rings is 1. The maximum atomic E-state index is 12.6. The zero-order valence-electron chi connectivity index (χ0n) is 19.8. The Balaban J connectivity index is 1.50. The Hall–Kier alpha value is -2.61. The summed E-state index contributed by atoms with van der Waals surface area (Å²) in [6, 6.07) is 7.77. The van der Waals surface area contributed by atoms with Crippen LogP contribution in [0.25, 0.3) is 0 Å². The van der Waals surface area contributed by atoms with Gasteiger partial charge in [-0.1, -0.05) is 35.6 Å². The van der Waals surface area contributed by atoms with E-state index in [1.54, 1.807) is 6.92 Å². The molecule has 0 N–H and O–H groups in total. The van der Waals surface area contributed by atoms with Crippen molar-refractivity contribution in [3.05, 3.63) is 45.4 Å². The van der Waals surface area contributed by atoms with Gasteiger partial charge in [-0.05, 0) is 70.8 Å². The Bertz CT molecular complexity index is 969. The molecule has 8 heteroatoms. The topological polar surface area (TPSA) is 95.5 Å². The molecule has 0 saturated heterocycles. The molecule has 0 bridgehead atoms. The summed E-state index contributed by atoms with van der Waals surface area (Å²) in [7, 11) is 0. The third-order valence-corrected chi connectivity index (χ3v) is 6.56. The van der Waals surface area contributed by atoms with Gasteiger partial charge in [-0.15, -0.1) is 10.2 Å². The van der Waals surface area contributed by atoms with Gasteiger partial charge in [0, 0.05) is 12.0 Å². The zero-order chi connectivity index (χ0) is 24.0. The first-order chi connectivity index (χ1) is 15.6. The van der Waals surface area contributed by atoms with Crippen molar-refractivity contribution in [1.29, 1.82) is 0 Å². The molecular formula is C25H32N2O5S. The van der Waals surface area contributed by atoms with Crippen LogP contribution >= 0.6 is 11.3 Å². The molecule has 0 unspecified atom stereocenters. The first-order valence-corrected chi connectivity index (χ1v) is 12.3. The second-order valence-electron chi connectivity index (χ2n) is 9.45. The van der Waals surface area contributed by atoms with E-state index in [1.807, 2.05) is 45.0 Å². The van der Waals surface area contributed by atoms with Crippen molar-refractivity contribution in [2.24, 2.45) is 5.92 Å². The number of carbonyl (C=O) groups excluding carboxylic acids is 3. The van der Waals surface area contributed by atoms with Gasteiger partial charge in [0.05, 0.1) is 13.0 Å². The fourth-order valence-electron chi connectivity index (χ4n) is 4.10. The molecule has 178 valence electrons. The number of esters is 2. The minimum atomic E-state index is -0.515. The number of aromatic nitrogens is 2. The van der Waals surface area contributed by atoms with E-state index in [2.05, 4.69) is 10.2 Å². The molecule has 1 aromatic carbocycles. The summed E-state index contributed by atoms with van der Waals surface area (Å²) in [4.78, 5) is 36.4. The molecule has 1 aliphatic carbocycles. The molecule has 1 saturated carbocycles. The molecule has 0 spiro atoms. The largest absolute Gasteiger partial charge is 0.461 e. The van der Waals surface area contributed by atoms with Crippen LogP contribution in [0.5, 0.6) is 0 Å². The maximum absolute atomic E-state index is 12.6. The van der Waals surface area contributed by atoms with Crippen LogP contribution in [0.15, 0.2) is 24.3 Å². The lowest BCUT2D eigenvalue weighted by Gasteiger charge is -2.29. The molecular weight excluding hydrogens is 440 g/mol. The normalized spacial score (nSPS) is 18.5. The van der Waals surface area contributed by atoms with Gasteiger partial charge < -0.3 is 9.47 Å². The molecule has 3 rings (SSSR count). The highest BCUT2D eigenvalue weighted by Crippen LogP contribution is 2.37. The minimum Gasteiger partial charge on any atom is -0.461 e. The maximum Gasteiger partial charge on any atom is 0.369 e. The van der Waals surface area contributed by atoms with Gasteiger partial charge >= 0.3 is 11.9 Å². The Morgan fingerprint density at radius 1 is 1.03 bits per heavy atom. The highest BCUT2D eigenvalue weighted by Gasteiger charge is 2.26. The summed E-state index contributed by atoms with van der Waals surface area (Å²) in [5, 5.41) is 8.41. The lowest BCUT2D eigenvalue weighted by atomic mass is 9.77. The van der Waals surface area contributed by atoms with E-state index in [4.69, 9.17) is 9.47 Å². The van der Waals surface area contributed by atoms with Crippen LogP contribution in [0.2, 0.25) is 0 Å². The van der Waals surface area contributed by atoms with Gasteiger partial charge in [0.15, 0.2) is 5.78 Å². The fraction of sp³-hybridized carbons (Fsp3) is 0.560. The van der Waals surface area contributed by atoms with E-state index in [1.165, 1.54) is 5.56 Å². The quantitative estimate of drug-likeness (QED) is 0.387. The van der Waals surface area contributed by atoms with E-state index in [9.17, 15) is 14.4 Å². The molecule has 1 aliphatic rings. The van der Waals surface area contributed by atoms with Crippen molar-refractivity contribution in [2.45, 2.75) is 77.7 Å². The van der Waals surface area contributed by atoms with Gasteiger partial charge in [0.2, 0.25) is 5.01 Å². The summed E-state index contributed by atoms with van der Waals surface area (Å²) in [6.07, 6.45) is 4.66. The summed E-state index contributed by atoms with van der Waals surface area (Å²) in [5.74, 6) is 0.134. The van der Waals surface area contributed by atoms with Crippen molar-refractivity contribution in [2.75, 3.05) is 6.61 Å². The standard InChI is InChI=1S/C25H32N2O5S/c1-5-31-24(30)23-27-26-21(33-23)15-20(28)19-12-10-18(11-13-19)17-8-6-16(7-9-17)14-22(29)32-25(2,3)4/h10-13,16-17H,5-9,14-15H2,1-4H3.